The molecule has 0 bridgehead atoms. The lowest BCUT2D eigenvalue weighted by Crippen LogP contribution is -2.05. The molecule has 0 amide bonds. The van der Waals surface area contributed by atoms with Crippen molar-refractivity contribution < 1.29 is 32.3 Å². The van der Waals surface area contributed by atoms with Crippen LogP contribution in [0.15, 0.2) is 109 Å². The predicted molar refractivity (Wildman–Crippen MR) is 155 cm³/mol. The first-order valence-electron chi connectivity index (χ1n) is 12.8. The Morgan fingerprint density at radius 2 is 1.12 bits per heavy atom. The Kier molecular flexibility index (Phi) is 10.0. The number of hydrogen-bond donors (Lipinski definition) is 1. The molecule has 4 aromatic carbocycles. The minimum atomic E-state index is -4.07. The van der Waals surface area contributed by atoms with Gasteiger partial charge in [-0.15, -0.1) is 0 Å². The average Bonchev–Trinajstić information content (AvgIpc) is 2.96. The zero-order valence-electron chi connectivity index (χ0n) is 22.2. The van der Waals surface area contributed by atoms with Crippen molar-refractivity contribution in [1.29, 1.82) is 0 Å². The number of phosphoric acid groups is 1. The molecule has 1 unspecified atom stereocenters. The Labute approximate surface area is 235 Å². The predicted octanol–water partition coefficient (Wildman–Crippen LogP) is 9.06. The van der Waals surface area contributed by atoms with E-state index in [9.17, 15) is 14.2 Å². The normalized spacial score (nSPS) is 12.9. The van der Waals surface area contributed by atoms with Gasteiger partial charge < -0.3 is 23.2 Å². The minimum Gasteiger partial charge on any atom is -0.508 e. The van der Waals surface area contributed by atoms with Crippen LogP contribution < -0.4 is 13.6 Å². The quantitative estimate of drug-likeness (QED) is 0.125. The van der Waals surface area contributed by atoms with E-state index in [1.165, 1.54) is 0 Å². The SMILES string of the molecule is C/C=C(/CC)OP(=O)(Oc1ccc(Cc2ccc(O)cc2)cc1)Oc1ccc(Cc2ccc(OP=O)cc2)cc1. The molecule has 206 valence electrons. The third kappa shape index (κ3) is 8.47. The van der Waals surface area contributed by atoms with Crippen molar-refractivity contribution in [3.05, 3.63) is 131 Å². The van der Waals surface area contributed by atoms with E-state index >= 15 is 0 Å². The highest BCUT2D eigenvalue weighted by molar-refractivity contribution is 7.49. The number of allylic oxidation sites excluding steroid dienone is 2. The van der Waals surface area contributed by atoms with E-state index in [0.717, 1.165) is 22.3 Å². The van der Waals surface area contributed by atoms with Crippen molar-refractivity contribution in [3.8, 4) is 23.0 Å². The fourth-order valence-electron chi connectivity index (χ4n) is 3.91. The van der Waals surface area contributed by atoms with Gasteiger partial charge in [-0.05, 0) is 96.6 Å². The molecule has 0 heterocycles. The molecule has 0 saturated heterocycles. The summed E-state index contributed by atoms with van der Waals surface area (Å²) >= 11 is 0. The number of phenolic OH excluding ortho intramolecular Hbond substituents is 1. The number of benzene rings is 4. The van der Waals surface area contributed by atoms with E-state index < -0.39 is 7.82 Å². The van der Waals surface area contributed by atoms with Crippen molar-refractivity contribution in [2.75, 3.05) is 0 Å². The number of phenols is 1. The molecule has 1 atom stereocenters. The van der Waals surface area contributed by atoms with E-state index in [4.69, 9.17) is 18.1 Å². The van der Waals surface area contributed by atoms with Gasteiger partial charge in [0.25, 0.3) is 0 Å². The summed E-state index contributed by atoms with van der Waals surface area (Å²) in [6.45, 7) is 3.70. The summed E-state index contributed by atoms with van der Waals surface area (Å²) in [5.41, 5.74) is 4.15. The summed E-state index contributed by atoms with van der Waals surface area (Å²) in [7, 11) is -4.46. The molecule has 4 rings (SSSR count). The Balaban J connectivity index is 1.45. The molecule has 0 aromatic heterocycles. The molecule has 40 heavy (non-hydrogen) atoms. The van der Waals surface area contributed by atoms with Crippen molar-refractivity contribution in [2.24, 2.45) is 0 Å². The molecular weight excluding hydrogens is 546 g/mol. The van der Waals surface area contributed by atoms with Gasteiger partial charge in [0.1, 0.15) is 28.8 Å². The Morgan fingerprint density at radius 1 is 0.725 bits per heavy atom. The van der Waals surface area contributed by atoms with E-state index in [-0.39, 0.29) is 14.4 Å². The first-order valence-corrected chi connectivity index (χ1v) is 15.0. The fraction of sp³-hybridized carbons (Fsp3) is 0.161. The summed E-state index contributed by atoms with van der Waals surface area (Å²) in [6.07, 6.45) is 3.59. The summed E-state index contributed by atoms with van der Waals surface area (Å²) in [6, 6.07) is 28.8. The second-order valence-electron chi connectivity index (χ2n) is 8.95. The standard InChI is InChI=1S/C31H30O7P2/c1-3-28(4-2)36-40(34,37-30-17-9-25(10-18-30)21-23-5-13-27(32)14-6-23)38-31-19-11-26(12-20-31)22-24-7-15-29(16-8-24)35-39-33/h3,5-20,32H,4,21-22H2,1-2H3/b28-3-. The molecule has 0 fully saturated rings. The highest BCUT2D eigenvalue weighted by Crippen LogP contribution is 2.51. The van der Waals surface area contributed by atoms with Gasteiger partial charge in [-0.3, -0.25) is 0 Å². The van der Waals surface area contributed by atoms with Crippen LogP contribution in [-0.4, -0.2) is 5.11 Å². The maximum absolute atomic E-state index is 13.8. The third-order valence-corrected chi connectivity index (χ3v) is 7.61. The van der Waals surface area contributed by atoms with Gasteiger partial charge in [0.2, 0.25) is 0 Å². The maximum atomic E-state index is 13.8. The molecule has 0 aliphatic heterocycles. The highest BCUT2D eigenvalue weighted by Gasteiger charge is 2.33. The Hall–Kier alpha value is -4.05. The van der Waals surface area contributed by atoms with E-state index in [2.05, 4.69) is 0 Å². The lowest BCUT2D eigenvalue weighted by Gasteiger charge is -2.20. The van der Waals surface area contributed by atoms with Gasteiger partial charge in [0, 0.05) is 6.42 Å². The zero-order valence-corrected chi connectivity index (χ0v) is 24.0. The van der Waals surface area contributed by atoms with Gasteiger partial charge in [0.05, 0.1) is 0 Å². The van der Waals surface area contributed by atoms with Gasteiger partial charge >= 0.3 is 16.5 Å². The van der Waals surface area contributed by atoms with Crippen LogP contribution in [0.3, 0.4) is 0 Å². The van der Waals surface area contributed by atoms with Crippen molar-refractivity contribution in [3.63, 3.8) is 0 Å². The van der Waals surface area contributed by atoms with Gasteiger partial charge in [-0.25, -0.2) is 4.57 Å². The fourth-order valence-corrected chi connectivity index (χ4v) is 5.51. The minimum absolute atomic E-state index is 0.225. The number of phosphoric ester groups is 1. The third-order valence-electron chi connectivity index (χ3n) is 6.00. The number of hydrogen-bond acceptors (Lipinski definition) is 7. The highest BCUT2D eigenvalue weighted by atomic mass is 31.2. The lowest BCUT2D eigenvalue weighted by atomic mass is 10.1. The zero-order chi connectivity index (χ0) is 28.4. The van der Waals surface area contributed by atoms with Crippen LogP contribution in [0, 0.1) is 0 Å². The van der Waals surface area contributed by atoms with Gasteiger partial charge in [0.15, 0.2) is 0 Å². The van der Waals surface area contributed by atoms with Crippen LogP contribution in [0.1, 0.15) is 42.5 Å². The van der Waals surface area contributed by atoms with Crippen LogP contribution in [0.4, 0.5) is 0 Å². The van der Waals surface area contributed by atoms with Crippen LogP contribution in [0.2, 0.25) is 0 Å². The molecule has 1 N–H and O–H groups in total. The van der Waals surface area contributed by atoms with Gasteiger partial charge in [-0.1, -0.05) is 55.5 Å². The van der Waals surface area contributed by atoms with Crippen LogP contribution >= 0.6 is 16.5 Å². The van der Waals surface area contributed by atoms with Gasteiger partial charge in [-0.2, -0.15) is 4.57 Å². The van der Waals surface area contributed by atoms with Crippen LogP contribution in [0.25, 0.3) is 0 Å². The van der Waals surface area contributed by atoms with Crippen LogP contribution in [-0.2, 0) is 26.5 Å². The lowest BCUT2D eigenvalue weighted by molar-refractivity contribution is 0.251. The maximum Gasteiger partial charge on any atom is 0.646 e. The Bertz CT molecular complexity index is 1460. The largest absolute Gasteiger partial charge is 0.646 e. The average molecular weight is 577 g/mol. The topological polar surface area (TPSA) is 91.3 Å². The molecule has 0 saturated carbocycles. The van der Waals surface area contributed by atoms with Crippen molar-refractivity contribution >= 4 is 16.5 Å². The Morgan fingerprint density at radius 3 is 1.50 bits per heavy atom. The molecule has 0 aliphatic carbocycles. The molecule has 0 aliphatic rings. The van der Waals surface area contributed by atoms with Crippen molar-refractivity contribution in [1.82, 2.24) is 0 Å². The molecular formula is C31H30O7P2. The van der Waals surface area contributed by atoms with E-state index in [1.54, 1.807) is 61.5 Å². The van der Waals surface area contributed by atoms with E-state index in [0.29, 0.717) is 42.3 Å². The molecule has 0 spiro atoms. The van der Waals surface area contributed by atoms with Crippen LogP contribution in [0.5, 0.6) is 23.0 Å². The smallest absolute Gasteiger partial charge is 0.508 e. The summed E-state index contributed by atoms with van der Waals surface area (Å²) < 4.78 is 46.7. The number of aromatic hydroxyl groups is 1. The second kappa shape index (κ2) is 13.8. The molecule has 9 heteroatoms. The summed E-state index contributed by atoms with van der Waals surface area (Å²) in [4.78, 5) is 0. The molecule has 4 aromatic rings. The second-order valence-corrected chi connectivity index (χ2v) is 10.7. The first kappa shape index (κ1) is 28.9. The summed E-state index contributed by atoms with van der Waals surface area (Å²) in [5, 5.41) is 9.49. The van der Waals surface area contributed by atoms with E-state index in [1.807, 2.05) is 55.5 Å². The molecule has 7 nitrogen and oxygen atoms in total. The molecule has 0 radical (unpaired) electrons. The monoisotopic (exact) mass is 576 g/mol. The summed E-state index contributed by atoms with van der Waals surface area (Å²) in [5.74, 6) is 1.95. The first-order chi connectivity index (χ1) is 19.4. The van der Waals surface area contributed by atoms with Crippen molar-refractivity contribution in [2.45, 2.75) is 33.1 Å². The number of rotatable bonds is 13.